The number of carbonyl (C=O) groups is 2. The Morgan fingerprint density at radius 3 is 2.56 bits per heavy atom. The van der Waals surface area contributed by atoms with E-state index in [-0.39, 0.29) is 18.5 Å². The Hall–Kier alpha value is -2.82. The number of nitrogens with zero attached hydrogens (tertiary/aromatic N) is 2. The molecule has 132 valence electrons. The number of aromatic nitrogens is 2. The van der Waals surface area contributed by atoms with Gasteiger partial charge >= 0.3 is 5.97 Å². The van der Waals surface area contributed by atoms with Crippen molar-refractivity contribution in [3.63, 3.8) is 0 Å². The summed E-state index contributed by atoms with van der Waals surface area (Å²) in [5.74, 6) is -10.3. The summed E-state index contributed by atoms with van der Waals surface area (Å²) in [7, 11) is 0. The van der Waals surface area contributed by atoms with Crippen LogP contribution in [0.25, 0.3) is 0 Å². The fraction of sp³-hybridized carbons (Fsp3) is 0.143. The van der Waals surface area contributed by atoms with Gasteiger partial charge in [-0.15, -0.1) is 0 Å². The molecule has 25 heavy (non-hydrogen) atoms. The van der Waals surface area contributed by atoms with Crippen molar-refractivity contribution in [3.05, 3.63) is 52.9 Å². The van der Waals surface area contributed by atoms with Crippen LogP contribution in [0.4, 0.5) is 23.4 Å². The Kier molecular flexibility index (Phi) is 5.80. The second-order valence-corrected chi connectivity index (χ2v) is 4.95. The van der Waals surface area contributed by atoms with E-state index in [0.717, 1.165) is 17.9 Å². The monoisotopic (exact) mass is 375 g/mol. The van der Waals surface area contributed by atoms with Crippen molar-refractivity contribution in [2.75, 3.05) is 11.9 Å². The molecular formula is C14H9F4N3O3S. The lowest BCUT2D eigenvalue weighted by atomic mass is 10.0. The highest BCUT2D eigenvalue weighted by Crippen LogP contribution is 2.22. The Balaban J connectivity index is 2.45. The number of ketones is 1. The first-order valence-electron chi connectivity index (χ1n) is 6.65. The number of esters is 1. The minimum Gasteiger partial charge on any atom is -0.462 e. The molecule has 11 heteroatoms. The maximum Gasteiger partial charge on any atom is 0.343 e. The number of halogens is 4. The molecule has 2 rings (SSSR count). The van der Waals surface area contributed by atoms with E-state index >= 15 is 0 Å². The number of ether oxygens (including phenoxy) is 1. The van der Waals surface area contributed by atoms with Crippen molar-refractivity contribution in [2.24, 2.45) is 0 Å². The molecule has 1 N–H and O–H groups in total. The van der Waals surface area contributed by atoms with Crippen molar-refractivity contribution < 1.29 is 31.9 Å². The predicted molar refractivity (Wildman–Crippen MR) is 78.9 cm³/mol. The van der Waals surface area contributed by atoms with Crippen molar-refractivity contribution in [1.29, 1.82) is 0 Å². The van der Waals surface area contributed by atoms with Crippen LogP contribution in [0, 0.1) is 23.3 Å². The summed E-state index contributed by atoms with van der Waals surface area (Å²) in [6.45, 7) is 1.34. The summed E-state index contributed by atoms with van der Waals surface area (Å²) >= 11 is 0.829. The number of anilines is 1. The van der Waals surface area contributed by atoms with Crippen LogP contribution in [0.15, 0.2) is 24.0 Å². The van der Waals surface area contributed by atoms with Gasteiger partial charge in [0.1, 0.15) is 5.57 Å². The van der Waals surface area contributed by atoms with Crippen LogP contribution >= 0.6 is 11.7 Å². The van der Waals surface area contributed by atoms with Gasteiger partial charge in [-0.2, -0.15) is 8.75 Å². The van der Waals surface area contributed by atoms with Crippen molar-refractivity contribution in [2.45, 2.75) is 6.92 Å². The molecule has 2 aromatic rings. The van der Waals surface area contributed by atoms with Gasteiger partial charge in [0.25, 0.3) is 0 Å². The number of Topliss-reactive ketones (excluding diaryl/α,β-unsaturated/α-hetero) is 1. The van der Waals surface area contributed by atoms with E-state index in [1.165, 1.54) is 13.1 Å². The zero-order chi connectivity index (χ0) is 18.6. The number of hydrogen-bond acceptors (Lipinski definition) is 7. The lowest BCUT2D eigenvalue weighted by Crippen LogP contribution is -2.19. The van der Waals surface area contributed by atoms with Gasteiger partial charge in [-0.25, -0.2) is 22.4 Å². The summed E-state index contributed by atoms with van der Waals surface area (Å²) < 4.78 is 65.5. The number of benzene rings is 1. The Labute approximate surface area is 142 Å². The van der Waals surface area contributed by atoms with E-state index in [0.29, 0.717) is 0 Å². The van der Waals surface area contributed by atoms with Gasteiger partial charge < -0.3 is 10.1 Å². The summed E-state index contributed by atoms with van der Waals surface area (Å²) in [6, 6.07) is 0.160. The van der Waals surface area contributed by atoms with Gasteiger partial charge in [0.05, 0.1) is 30.1 Å². The van der Waals surface area contributed by atoms with Crippen LogP contribution in [-0.2, 0) is 9.53 Å². The molecule has 1 aromatic carbocycles. The molecule has 1 heterocycles. The van der Waals surface area contributed by atoms with Gasteiger partial charge in [0.2, 0.25) is 5.78 Å². The van der Waals surface area contributed by atoms with Crippen molar-refractivity contribution >= 4 is 29.3 Å². The molecule has 0 saturated carbocycles. The minimum absolute atomic E-state index is 0.115. The molecule has 0 atom stereocenters. The van der Waals surface area contributed by atoms with Crippen LogP contribution in [0.5, 0.6) is 0 Å². The molecular weight excluding hydrogens is 366 g/mol. The van der Waals surface area contributed by atoms with E-state index in [1.54, 1.807) is 0 Å². The SMILES string of the molecule is CCOC(=O)C(=CNc1cnsn1)C(=O)c1cc(F)c(F)c(F)c1F. The fourth-order valence-corrected chi connectivity index (χ4v) is 2.07. The average Bonchev–Trinajstić information content (AvgIpc) is 3.10. The topological polar surface area (TPSA) is 81.2 Å². The predicted octanol–water partition coefficient (Wildman–Crippen LogP) is 2.84. The van der Waals surface area contributed by atoms with Crippen LogP contribution in [0.2, 0.25) is 0 Å². The van der Waals surface area contributed by atoms with Crippen molar-refractivity contribution in [1.82, 2.24) is 8.75 Å². The number of rotatable bonds is 6. The lowest BCUT2D eigenvalue weighted by Gasteiger charge is -2.09. The molecule has 0 spiro atoms. The van der Waals surface area contributed by atoms with E-state index in [9.17, 15) is 27.2 Å². The molecule has 1 aromatic heterocycles. The second-order valence-electron chi connectivity index (χ2n) is 4.39. The molecule has 0 aliphatic heterocycles. The maximum atomic E-state index is 13.8. The molecule has 0 fully saturated rings. The third kappa shape index (κ3) is 3.99. The first-order chi connectivity index (χ1) is 11.9. The first-order valence-corrected chi connectivity index (χ1v) is 7.38. The highest BCUT2D eigenvalue weighted by atomic mass is 32.1. The van der Waals surface area contributed by atoms with E-state index in [2.05, 4.69) is 18.8 Å². The molecule has 0 radical (unpaired) electrons. The Morgan fingerprint density at radius 2 is 1.96 bits per heavy atom. The molecule has 0 unspecified atom stereocenters. The molecule has 0 aliphatic rings. The van der Waals surface area contributed by atoms with Crippen LogP contribution in [-0.4, -0.2) is 27.1 Å². The third-order valence-corrected chi connectivity index (χ3v) is 3.29. The summed E-state index contributed by atoms with van der Waals surface area (Å²) in [4.78, 5) is 24.2. The van der Waals surface area contributed by atoms with Crippen LogP contribution < -0.4 is 5.32 Å². The summed E-state index contributed by atoms with van der Waals surface area (Å²) in [5.41, 5.74) is -1.92. The van der Waals surface area contributed by atoms with Gasteiger partial charge in [0.15, 0.2) is 29.1 Å². The fourth-order valence-electron chi connectivity index (χ4n) is 1.68. The molecule has 6 nitrogen and oxygen atoms in total. The largest absolute Gasteiger partial charge is 0.462 e. The van der Waals surface area contributed by atoms with Gasteiger partial charge in [-0.05, 0) is 13.0 Å². The quantitative estimate of drug-likeness (QED) is 0.122. The zero-order valence-corrected chi connectivity index (χ0v) is 13.3. The van der Waals surface area contributed by atoms with E-state index < -0.39 is 46.2 Å². The highest BCUT2D eigenvalue weighted by molar-refractivity contribution is 6.99. The van der Waals surface area contributed by atoms with E-state index in [4.69, 9.17) is 0 Å². The standard InChI is InChI=1S/C14H9F4N3O3S/c1-2-24-14(23)7(4-19-9-5-20-25-21-9)13(22)6-3-8(15)11(17)12(18)10(6)16/h3-5H,2H2,1H3,(H,19,21). The Bertz CT molecular complexity index is 840. The minimum atomic E-state index is -2.16. The lowest BCUT2D eigenvalue weighted by molar-refractivity contribution is -0.138. The summed E-state index contributed by atoms with van der Waals surface area (Å²) in [6.07, 6.45) is 2.10. The summed E-state index contributed by atoms with van der Waals surface area (Å²) in [5, 5.41) is 2.44. The normalized spacial score (nSPS) is 11.3. The average molecular weight is 375 g/mol. The number of hydrogen-bond donors (Lipinski definition) is 1. The molecule has 0 amide bonds. The number of carbonyl (C=O) groups excluding carboxylic acids is 2. The molecule has 0 bridgehead atoms. The number of nitrogens with one attached hydrogen (secondary N) is 1. The van der Waals surface area contributed by atoms with E-state index in [1.807, 2.05) is 0 Å². The zero-order valence-electron chi connectivity index (χ0n) is 12.5. The molecule has 0 aliphatic carbocycles. The Morgan fingerprint density at radius 1 is 1.24 bits per heavy atom. The highest BCUT2D eigenvalue weighted by Gasteiger charge is 2.28. The smallest absolute Gasteiger partial charge is 0.343 e. The maximum absolute atomic E-state index is 13.8. The van der Waals surface area contributed by atoms with Crippen molar-refractivity contribution in [3.8, 4) is 0 Å². The van der Waals surface area contributed by atoms with Gasteiger partial charge in [0, 0.05) is 6.20 Å². The van der Waals surface area contributed by atoms with Gasteiger partial charge in [-0.3, -0.25) is 4.79 Å². The molecule has 0 saturated heterocycles. The van der Waals surface area contributed by atoms with Crippen LogP contribution in [0.3, 0.4) is 0 Å². The van der Waals surface area contributed by atoms with Gasteiger partial charge in [-0.1, -0.05) is 0 Å². The first kappa shape index (κ1) is 18.5. The second kappa shape index (κ2) is 7.83. The third-order valence-electron chi connectivity index (χ3n) is 2.81. The van der Waals surface area contributed by atoms with Crippen LogP contribution in [0.1, 0.15) is 17.3 Å².